The number of unbranched alkanes of at least 4 members (excludes halogenated alkanes) is 2. The molecule has 0 unspecified atom stereocenters. The van der Waals surface area contributed by atoms with E-state index in [4.69, 9.17) is 0 Å². The van der Waals surface area contributed by atoms with Crippen LogP contribution >= 0.6 is 0 Å². The van der Waals surface area contributed by atoms with Crippen LogP contribution in [0.5, 0.6) is 0 Å². The van der Waals surface area contributed by atoms with Crippen molar-refractivity contribution in [3.8, 4) is 0 Å². The summed E-state index contributed by atoms with van der Waals surface area (Å²) in [4.78, 5) is 14.9. The Morgan fingerprint density at radius 3 is 2.77 bits per heavy atom. The Bertz CT molecular complexity index is 720. The molecule has 0 saturated heterocycles. The number of carbonyl (C=O) groups is 1. The highest BCUT2D eigenvalue weighted by molar-refractivity contribution is 5.79. The van der Waals surface area contributed by atoms with Crippen LogP contribution in [0.4, 0.5) is 4.39 Å². The van der Waals surface area contributed by atoms with Crippen molar-refractivity contribution in [3.63, 3.8) is 0 Å². The zero-order valence-corrected chi connectivity index (χ0v) is 15.7. The standard InChI is InChI=1S/C22H29FN2O/c1-2-3-4-13-25(22(26)19-9-6-10-19)17-21-12-7-14-24(21)16-18-8-5-11-20(23)15-18/h5,7-8,11-12,14-15,19H,2-4,6,9-10,13,16-17H2,1H3. The lowest BCUT2D eigenvalue weighted by atomic mass is 9.84. The normalized spacial score (nSPS) is 14.2. The highest BCUT2D eigenvalue weighted by Gasteiger charge is 2.29. The van der Waals surface area contributed by atoms with Crippen LogP contribution in [-0.4, -0.2) is 21.9 Å². The largest absolute Gasteiger partial charge is 0.345 e. The summed E-state index contributed by atoms with van der Waals surface area (Å²) in [7, 11) is 0. The molecule has 0 aliphatic heterocycles. The average molecular weight is 356 g/mol. The molecule has 1 amide bonds. The lowest BCUT2D eigenvalue weighted by molar-refractivity contribution is -0.139. The van der Waals surface area contributed by atoms with Crippen molar-refractivity contribution in [3.05, 3.63) is 59.7 Å². The molecule has 3 nitrogen and oxygen atoms in total. The third kappa shape index (κ3) is 4.75. The fourth-order valence-corrected chi connectivity index (χ4v) is 3.51. The molecule has 3 rings (SSSR count). The summed E-state index contributed by atoms with van der Waals surface area (Å²) in [6.07, 6.45) is 8.62. The van der Waals surface area contributed by atoms with Gasteiger partial charge in [0.1, 0.15) is 5.82 Å². The molecule has 0 atom stereocenters. The smallest absolute Gasteiger partial charge is 0.226 e. The van der Waals surface area contributed by atoms with Gasteiger partial charge < -0.3 is 9.47 Å². The summed E-state index contributed by atoms with van der Waals surface area (Å²) >= 11 is 0. The maximum Gasteiger partial charge on any atom is 0.226 e. The van der Waals surface area contributed by atoms with Crippen molar-refractivity contribution in [2.24, 2.45) is 5.92 Å². The van der Waals surface area contributed by atoms with Crippen molar-refractivity contribution >= 4 is 5.91 Å². The predicted octanol–water partition coefficient (Wildman–Crippen LogP) is 4.99. The van der Waals surface area contributed by atoms with Gasteiger partial charge >= 0.3 is 0 Å². The van der Waals surface area contributed by atoms with Crippen LogP contribution in [0.25, 0.3) is 0 Å². The third-order valence-corrected chi connectivity index (χ3v) is 5.32. The zero-order chi connectivity index (χ0) is 18.4. The number of nitrogens with zero attached hydrogens (tertiary/aromatic N) is 2. The van der Waals surface area contributed by atoms with Crippen LogP contribution in [0.3, 0.4) is 0 Å². The molecular weight excluding hydrogens is 327 g/mol. The molecule has 4 heteroatoms. The molecule has 1 fully saturated rings. The van der Waals surface area contributed by atoms with E-state index in [2.05, 4.69) is 17.6 Å². The van der Waals surface area contributed by atoms with E-state index in [1.54, 1.807) is 12.1 Å². The van der Waals surface area contributed by atoms with Crippen molar-refractivity contribution in [2.45, 2.75) is 58.5 Å². The Morgan fingerprint density at radius 1 is 1.23 bits per heavy atom. The molecule has 1 aliphatic carbocycles. The minimum absolute atomic E-state index is 0.211. The second-order valence-corrected chi connectivity index (χ2v) is 7.35. The van der Waals surface area contributed by atoms with E-state index in [1.165, 1.54) is 12.5 Å². The van der Waals surface area contributed by atoms with Crippen molar-refractivity contribution in [1.82, 2.24) is 9.47 Å². The fraction of sp³-hybridized carbons (Fsp3) is 0.500. The highest BCUT2D eigenvalue weighted by Crippen LogP contribution is 2.29. The average Bonchev–Trinajstić information content (AvgIpc) is 2.99. The molecule has 1 heterocycles. The van der Waals surface area contributed by atoms with Gasteiger partial charge in [0.05, 0.1) is 6.54 Å². The minimum atomic E-state index is -0.211. The first-order chi connectivity index (χ1) is 12.7. The Balaban J connectivity index is 1.69. The van der Waals surface area contributed by atoms with E-state index in [-0.39, 0.29) is 11.7 Å². The summed E-state index contributed by atoms with van der Waals surface area (Å²) in [5.41, 5.74) is 2.05. The minimum Gasteiger partial charge on any atom is -0.345 e. The Morgan fingerprint density at radius 2 is 2.08 bits per heavy atom. The molecule has 0 spiro atoms. The number of amides is 1. The summed E-state index contributed by atoms with van der Waals surface area (Å²) in [6, 6.07) is 10.8. The van der Waals surface area contributed by atoms with Crippen molar-refractivity contribution in [1.29, 1.82) is 0 Å². The Labute approximate surface area is 155 Å². The molecule has 0 bridgehead atoms. The van der Waals surface area contributed by atoms with E-state index in [0.29, 0.717) is 19.0 Å². The third-order valence-electron chi connectivity index (χ3n) is 5.32. The van der Waals surface area contributed by atoms with Gasteiger partial charge in [0.15, 0.2) is 0 Å². The fourth-order valence-electron chi connectivity index (χ4n) is 3.51. The van der Waals surface area contributed by atoms with Gasteiger partial charge in [-0.25, -0.2) is 4.39 Å². The SMILES string of the molecule is CCCCCN(Cc1cccn1Cc1cccc(F)c1)C(=O)C1CCC1. The van der Waals surface area contributed by atoms with Gasteiger partial charge in [0.2, 0.25) is 5.91 Å². The number of hydrogen-bond donors (Lipinski definition) is 0. The van der Waals surface area contributed by atoms with Crippen LogP contribution in [0.15, 0.2) is 42.6 Å². The van der Waals surface area contributed by atoms with Gasteiger partial charge in [0, 0.05) is 30.9 Å². The summed E-state index contributed by atoms with van der Waals surface area (Å²) in [5.74, 6) is 0.326. The quantitative estimate of drug-likeness (QED) is 0.581. The number of benzene rings is 1. The Hall–Kier alpha value is -2.10. The van der Waals surface area contributed by atoms with E-state index in [0.717, 1.165) is 49.9 Å². The van der Waals surface area contributed by atoms with Gasteiger partial charge in [-0.05, 0) is 49.1 Å². The zero-order valence-electron chi connectivity index (χ0n) is 15.7. The molecule has 1 aliphatic rings. The van der Waals surface area contributed by atoms with Crippen LogP contribution in [0.1, 0.15) is 56.7 Å². The maximum absolute atomic E-state index is 13.5. The van der Waals surface area contributed by atoms with Gasteiger partial charge in [0.25, 0.3) is 0 Å². The van der Waals surface area contributed by atoms with Crippen LogP contribution < -0.4 is 0 Å². The van der Waals surface area contributed by atoms with Crippen LogP contribution in [-0.2, 0) is 17.9 Å². The number of halogens is 1. The van der Waals surface area contributed by atoms with Crippen LogP contribution in [0, 0.1) is 11.7 Å². The molecule has 26 heavy (non-hydrogen) atoms. The molecule has 1 saturated carbocycles. The predicted molar refractivity (Wildman–Crippen MR) is 102 cm³/mol. The first-order valence-electron chi connectivity index (χ1n) is 9.84. The second kappa shape index (κ2) is 9.02. The summed E-state index contributed by atoms with van der Waals surface area (Å²) in [5, 5.41) is 0. The van der Waals surface area contributed by atoms with Crippen LogP contribution in [0.2, 0.25) is 0 Å². The second-order valence-electron chi connectivity index (χ2n) is 7.35. The molecular formula is C22H29FN2O. The number of rotatable bonds is 9. The number of aromatic nitrogens is 1. The molecule has 0 N–H and O–H groups in total. The van der Waals surface area contributed by atoms with E-state index in [1.807, 2.05) is 23.2 Å². The van der Waals surface area contributed by atoms with Gasteiger partial charge in [-0.1, -0.05) is 38.3 Å². The maximum atomic E-state index is 13.5. The van der Waals surface area contributed by atoms with Gasteiger partial charge in [-0.3, -0.25) is 4.79 Å². The first kappa shape index (κ1) is 18.7. The van der Waals surface area contributed by atoms with E-state index >= 15 is 0 Å². The monoisotopic (exact) mass is 356 g/mol. The number of carbonyl (C=O) groups excluding carboxylic acids is 1. The summed E-state index contributed by atoms with van der Waals surface area (Å²) in [6.45, 7) is 4.28. The first-order valence-corrected chi connectivity index (χ1v) is 9.84. The molecule has 1 aromatic carbocycles. The highest BCUT2D eigenvalue weighted by atomic mass is 19.1. The van der Waals surface area contributed by atoms with Gasteiger partial charge in [-0.2, -0.15) is 0 Å². The molecule has 140 valence electrons. The molecule has 1 aromatic heterocycles. The van der Waals surface area contributed by atoms with Crippen molar-refractivity contribution in [2.75, 3.05) is 6.54 Å². The van der Waals surface area contributed by atoms with Gasteiger partial charge in [-0.15, -0.1) is 0 Å². The topological polar surface area (TPSA) is 25.2 Å². The Kier molecular flexibility index (Phi) is 6.48. The lowest BCUT2D eigenvalue weighted by Gasteiger charge is -2.32. The van der Waals surface area contributed by atoms with E-state index in [9.17, 15) is 9.18 Å². The molecule has 2 aromatic rings. The van der Waals surface area contributed by atoms with E-state index < -0.39 is 0 Å². The van der Waals surface area contributed by atoms with Crippen molar-refractivity contribution < 1.29 is 9.18 Å². The lowest BCUT2D eigenvalue weighted by Crippen LogP contribution is -2.39. The molecule has 0 radical (unpaired) electrons. The summed E-state index contributed by atoms with van der Waals surface area (Å²) < 4.78 is 15.6. The number of hydrogen-bond acceptors (Lipinski definition) is 1.